The maximum atomic E-state index is 12.3. The van der Waals surface area contributed by atoms with Crippen LogP contribution in [0, 0.1) is 0 Å². The molecule has 1 unspecified atom stereocenters. The number of nitrogens with zero attached hydrogens (tertiary/aromatic N) is 2. The van der Waals surface area contributed by atoms with Crippen LogP contribution < -0.4 is 47.6 Å². The quantitative estimate of drug-likeness (QED) is 0.0482. The van der Waals surface area contributed by atoms with Gasteiger partial charge in [-0.1, -0.05) is 0 Å². The van der Waals surface area contributed by atoms with E-state index in [1.807, 2.05) is 0 Å². The van der Waals surface area contributed by atoms with E-state index in [4.69, 9.17) is 10.6 Å². The van der Waals surface area contributed by atoms with Crippen molar-refractivity contribution in [2.24, 2.45) is 5.84 Å². The molecule has 16 nitrogen and oxygen atoms in total. The topological polar surface area (TPSA) is 270 Å². The number of amides is 2. The zero-order valence-corrected chi connectivity index (χ0v) is 24.7. The number of nitrogen functional groups attached to an aromatic ring is 1. The molecule has 2 rings (SSSR count). The van der Waals surface area contributed by atoms with Crippen molar-refractivity contribution in [1.29, 1.82) is 0 Å². The summed E-state index contributed by atoms with van der Waals surface area (Å²) in [6.45, 7) is -2.98. The molecule has 6 N–H and O–H groups in total. The second kappa shape index (κ2) is 21.2. The van der Waals surface area contributed by atoms with Crippen molar-refractivity contribution in [3.8, 4) is 0 Å². The Morgan fingerprint density at radius 3 is 2.17 bits per heavy atom. The maximum absolute atomic E-state index is 12.3. The summed E-state index contributed by atoms with van der Waals surface area (Å²) < 4.78 is 4.77. The Morgan fingerprint density at radius 2 is 1.67 bits per heavy atom. The van der Waals surface area contributed by atoms with Gasteiger partial charge >= 0.3 is 26.1 Å². The van der Waals surface area contributed by atoms with Gasteiger partial charge in [0.1, 0.15) is 11.9 Å². The van der Waals surface area contributed by atoms with Gasteiger partial charge in [0.2, 0.25) is 0 Å². The first-order valence-electron chi connectivity index (χ1n) is 12.3. The minimum Gasteiger partial charge on any atom is -0.853 e. The summed E-state index contributed by atoms with van der Waals surface area (Å²) in [5, 5.41) is 48.5. The molecule has 2 aromatic rings. The number of pyridine rings is 2. The van der Waals surface area contributed by atoms with E-state index in [9.17, 15) is 39.6 Å². The van der Waals surface area contributed by atoms with Gasteiger partial charge in [0.05, 0.1) is 24.2 Å². The van der Waals surface area contributed by atoms with Crippen molar-refractivity contribution in [2.45, 2.75) is 30.8 Å². The van der Waals surface area contributed by atoms with Crippen molar-refractivity contribution in [1.82, 2.24) is 25.9 Å². The third-order valence-corrected chi connectivity index (χ3v) is 5.53. The number of anilines is 1. The first kappa shape index (κ1) is 38.4. The van der Waals surface area contributed by atoms with Crippen LogP contribution in [0.5, 0.6) is 0 Å². The van der Waals surface area contributed by atoms with Crippen molar-refractivity contribution in [2.75, 3.05) is 45.4 Å². The van der Waals surface area contributed by atoms with E-state index >= 15 is 0 Å². The number of rotatable bonds is 16. The molecule has 1 radical (unpaired) electrons. The largest absolute Gasteiger partial charge is 4.00 e. The molecule has 229 valence electrons. The zero-order chi connectivity index (χ0) is 30.7. The number of unbranched alkanes of at least 4 members (excludes halogenated alkanes) is 1. The van der Waals surface area contributed by atoms with Crippen LogP contribution in [-0.4, -0.2) is 85.3 Å². The minimum atomic E-state index is -1.68. The number of aromatic nitrogens is 2. The van der Waals surface area contributed by atoms with Crippen molar-refractivity contribution >= 4 is 29.6 Å². The molecule has 0 aromatic carbocycles. The van der Waals surface area contributed by atoms with Gasteiger partial charge in [0.25, 0.3) is 11.8 Å². The average Bonchev–Trinajstić information content (AvgIpc) is 3.01. The Balaban J connectivity index is 0.00000110. The number of ether oxygens (including phenoxy) is 1. The number of hydrazine groups is 1. The first-order valence-corrected chi connectivity index (χ1v) is 12.3. The van der Waals surface area contributed by atoms with Gasteiger partial charge in [-0.15, -0.1) is 19.8 Å². The van der Waals surface area contributed by atoms with Crippen LogP contribution in [0.3, 0.4) is 0 Å². The Labute approximate surface area is 255 Å². The number of methoxy groups -OCH3 is 1. The molecule has 17 heteroatoms. The molecule has 0 bridgehead atoms. The Bertz CT molecular complexity index is 1080. The average molecular weight is 674 g/mol. The van der Waals surface area contributed by atoms with E-state index in [0.29, 0.717) is 42.8 Å². The standard InChI is InChI=1S/C19H24N6O4.C6H10NO5.Tc/c1-29-19(28)15(24-18(27)14-7-8-16(25-20)23-12-14)6-2-3-10-22-17(26)13-5-4-9-21-11-13;8-2-6(3-9,4-10)7-1-5(11)12;/h4-5,7-9,11-12,15H,2-3,6,10,20H2,1H3,(H,22,26)(H,23,25)(H,24,27);7H,1-4H2,(H,11,12);/q;-3;+4/p-1/i;;1+1. The first-order chi connectivity index (χ1) is 19.6. The second-order valence-corrected chi connectivity index (χ2v) is 8.56. The predicted molar refractivity (Wildman–Crippen MR) is 136 cm³/mol. The molecule has 42 heavy (non-hydrogen) atoms. The molecule has 0 saturated heterocycles. The van der Waals surface area contributed by atoms with Gasteiger partial charge in [0.15, 0.2) is 0 Å². The molecule has 0 saturated carbocycles. The van der Waals surface area contributed by atoms with E-state index < -0.39 is 55.8 Å². The SMILES string of the molecule is COC(=O)C(CCCCNC(=O)c1cccnc1)NC(=O)c1ccc(NN)nc1.O=C([O-])CNC(C[O-])(C[O-])C[O-].[99Tc+4]. The van der Waals surface area contributed by atoms with Gasteiger partial charge in [-0.25, -0.2) is 15.6 Å². The zero-order valence-electron chi connectivity index (χ0n) is 22.8. The van der Waals surface area contributed by atoms with Crippen LogP contribution in [0.4, 0.5) is 5.82 Å². The number of carbonyl (C=O) groups excluding carboxylic acids is 4. The molecule has 0 aliphatic heterocycles. The third-order valence-electron chi connectivity index (χ3n) is 5.53. The fraction of sp³-hybridized carbons (Fsp3) is 0.440. The maximum Gasteiger partial charge on any atom is 4.00 e. The Kier molecular flexibility index (Phi) is 19.4. The normalized spacial score (nSPS) is 11.1. The van der Waals surface area contributed by atoms with Gasteiger partial charge in [-0.3, -0.25) is 14.6 Å². The van der Waals surface area contributed by atoms with Crippen molar-refractivity contribution in [3.05, 3.63) is 54.0 Å². The molecule has 0 aliphatic carbocycles. The van der Waals surface area contributed by atoms with E-state index in [0.717, 1.165) is 0 Å². The predicted octanol–water partition coefficient (Wildman–Crippen LogP) is -5.22. The molecule has 0 fully saturated rings. The second-order valence-electron chi connectivity index (χ2n) is 8.56. The smallest absolute Gasteiger partial charge is 0.853 e. The number of esters is 1. The van der Waals surface area contributed by atoms with E-state index in [1.54, 1.807) is 30.5 Å². The van der Waals surface area contributed by atoms with Gasteiger partial charge in [-0.2, -0.15) is 0 Å². The van der Waals surface area contributed by atoms with Crippen molar-refractivity contribution < 1.29 is 64.4 Å². The molecule has 0 spiro atoms. The Morgan fingerprint density at radius 1 is 1.00 bits per heavy atom. The number of carbonyl (C=O) groups is 4. The molecule has 2 aromatic heterocycles. The molecule has 2 heterocycles. The summed E-state index contributed by atoms with van der Waals surface area (Å²) >= 11 is 0. The summed E-state index contributed by atoms with van der Waals surface area (Å²) in [5.41, 5.74) is 1.46. The fourth-order valence-electron chi connectivity index (χ4n) is 3.06. The van der Waals surface area contributed by atoms with Gasteiger partial charge < -0.3 is 51.3 Å². The van der Waals surface area contributed by atoms with E-state index in [-0.39, 0.29) is 26.0 Å². The summed E-state index contributed by atoms with van der Waals surface area (Å²) in [6.07, 6.45) is 6.04. The van der Waals surface area contributed by atoms with Crippen LogP contribution in [-0.2, 0) is 34.4 Å². The third kappa shape index (κ3) is 13.9. The van der Waals surface area contributed by atoms with Crippen LogP contribution in [0.1, 0.15) is 40.0 Å². The van der Waals surface area contributed by atoms with Crippen molar-refractivity contribution in [3.63, 3.8) is 0 Å². The summed E-state index contributed by atoms with van der Waals surface area (Å²) in [6, 6.07) is 5.66. The van der Waals surface area contributed by atoms with E-state index in [2.05, 4.69) is 31.3 Å². The van der Waals surface area contributed by atoms with Crippen LogP contribution in [0.2, 0.25) is 0 Å². The molecule has 0 aliphatic rings. The number of nitrogens with one attached hydrogen (secondary N) is 4. The number of hydrogen-bond donors (Lipinski definition) is 5. The number of carboxylic acids is 1. The van der Waals surface area contributed by atoms with Crippen LogP contribution in [0.15, 0.2) is 42.9 Å². The Hall–Kier alpha value is -3.57. The number of hydrogen-bond acceptors (Lipinski definition) is 14. The molecular weight excluding hydrogens is 641 g/mol. The van der Waals surface area contributed by atoms with Gasteiger partial charge in [0, 0.05) is 31.7 Å². The fourth-order valence-corrected chi connectivity index (χ4v) is 3.06. The number of nitrogens with two attached hydrogens (primary N) is 1. The van der Waals surface area contributed by atoms with Crippen LogP contribution in [0.25, 0.3) is 0 Å². The molecule has 1 atom stereocenters. The molecule has 2 amide bonds. The number of aliphatic carboxylic acids is 1. The van der Waals surface area contributed by atoms with E-state index in [1.165, 1.54) is 19.5 Å². The minimum absolute atomic E-state index is 0. The monoisotopic (exact) mass is 674 g/mol. The van der Waals surface area contributed by atoms with Gasteiger partial charge in [-0.05, 0) is 49.1 Å². The molecular formula is C25H33N7O9Tc. The van der Waals surface area contributed by atoms with Crippen LogP contribution >= 0.6 is 0 Å². The number of carboxylic acid groups (broad SMARTS) is 1. The summed E-state index contributed by atoms with van der Waals surface area (Å²) in [7, 11) is 1.26. The summed E-state index contributed by atoms with van der Waals surface area (Å²) in [4.78, 5) is 54.0. The summed E-state index contributed by atoms with van der Waals surface area (Å²) in [5.74, 6) is 3.02.